The van der Waals surface area contributed by atoms with Crippen molar-refractivity contribution in [2.75, 3.05) is 26.2 Å². The number of likely N-dealkylation sites (tertiary alicyclic amines) is 1. The number of hydrogen-bond acceptors (Lipinski definition) is 6. The largest absolute Gasteiger partial charge is 0.396 e. The molecule has 1 N–H and O–H groups in total. The Labute approximate surface area is 119 Å². The first-order valence-electron chi connectivity index (χ1n) is 6.52. The number of nitrogens with zero attached hydrogens (tertiary/aromatic N) is 3. The molecule has 8 heteroatoms. The van der Waals surface area contributed by atoms with Crippen molar-refractivity contribution in [3.8, 4) is 0 Å². The second-order valence-corrected chi connectivity index (χ2v) is 5.78. The van der Waals surface area contributed by atoms with Crippen LogP contribution in [0, 0.1) is 10.8 Å². The molecule has 1 aromatic heterocycles. The molecule has 1 saturated heterocycles. The number of aromatic nitrogens is 1. The SMILES string of the molecule is O=NCC(c1scnc1C(F)F)N1CCC(CO)CC1. The molecule has 2 heterocycles. The quantitative estimate of drug-likeness (QED) is 0.820. The van der Waals surface area contributed by atoms with Crippen molar-refractivity contribution in [2.24, 2.45) is 11.1 Å². The molecule has 20 heavy (non-hydrogen) atoms. The third-order valence-electron chi connectivity index (χ3n) is 3.73. The van der Waals surface area contributed by atoms with Crippen molar-refractivity contribution in [1.82, 2.24) is 9.88 Å². The van der Waals surface area contributed by atoms with E-state index in [1.165, 1.54) is 5.51 Å². The summed E-state index contributed by atoms with van der Waals surface area (Å²) < 4.78 is 25.9. The summed E-state index contributed by atoms with van der Waals surface area (Å²) >= 11 is 1.15. The lowest BCUT2D eigenvalue weighted by atomic mass is 9.96. The number of alkyl halides is 2. The highest BCUT2D eigenvalue weighted by atomic mass is 32.1. The average Bonchev–Trinajstić information content (AvgIpc) is 2.94. The number of hydrogen-bond donors (Lipinski definition) is 1. The zero-order chi connectivity index (χ0) is 14.5. The minimum atomic E-state index is -2.64. The maximum absolute atomic E-state index is 12.9. The molecule has 0 saturated carbocycles. The zero-order valence-corrected chi connectivity index (χ0v) is 11.7. The first kappa shape index (κ1) is 15.4. The number of thiazole rings is 1. The van der Waals surface area contributed by atoms with Crippen molar-refractivity contribution >= 4 is 11.3 Å². The van der Waals surface area contributed by atoms with Crippen LogP contribution in [0.15, 0.2) is 10.7 Å². The van der Waals surface area contributed by atoms with E-state index in [4.69, 9.17) is 5.11 Å². The van der Waals surface area contributed by atoms with Crippen LogP contribution < -0.4 is 0 Å². The molecule has 5 nitrogen and oxygen atoms in total. The number of aliphatic hydroxyl groups excluding tert-OH is 1. The van der Waals surface area contributed by atoms with Gasteiger partial charge in [-0.2, -0.15) is 4.91 Å². The van der Waals surface area contributed by atoms with Gasteiger partial charge in [-0.3, -0.25) is 4.90 Å². The van der Waals surface area contributed by atoms with Gasteiger partial charge in [-0.15, -0.1) is 11.3 Å². The second kappa shape index (κ2) is 7.14. The minimum Gasteiger partial charge on any atom is -0.396 e. The second-order valence-electron chi connectivity index (χ2n) is 4.89. The monoisotopic (exact) mass is 305 g/mol. The van der Waals surface area contributed by atoms with Gasteiger partial charge in [0.25, 0.3) is 6.43 Å². The van der Waals surface area contributed by atoms with Crippen LogP contribution in [0.4, 0.5) is 8.78 Å². The molecule has 1 aliphatic rings. The van der Waals surface area contributed by atoms with E-state index in [0.717, 1.165) is 24.2 Å². The summed E-state index contributed by atoms with van der Waals surface area (Å²) in [6, 6.07) is -0.427. The van der Waals surface area contributed by atoms with Crippen LogP contribution in [0.5, 0.6) is 0 Å². The Kier molecular flexibility index (Phi) is 5.50. The first-order valence-corrected chi connectivity index (χ1v) is 7.40. The van der Waals surface area contributed by atoms with Crippen LogP contribution in [0.1, 0.15) is 35.9 Å². The van der Waals surface area contributed by atoms with E-state index >= 15 is 0 Å². The Hall–Kier alpha value is -0.990. The highest BCUT2D eigenvalue weighted by Gasteiger charge is 2.31. The molecule has 0 amide bonds. The van der Waals surface area contributed by atoms with Crippen molar-refractivity contribution in [2.45, 2.75) is 25.3 Å². The number of aliphatic hydroxyl groups is 1. The van der Waals surface area contributed by atoms with Gasteiger partial charge >= 0.3 is 0 Å². The molecule has 1 atom stereocenters. The van der Waals surface area contributed by atoms with Crippen molar-refractivity contribution < 1.29 is 13.9 Å². The van der Waals surface area contributed by atoms with Crippen LogP contribution in [0.2, 0.25) is 0 Å². The molecule has 0 aromatic carbocycles. The fraction of sp³-hybridized carbons (Fsp3) is 0.750. The fourth-order valence-electron chi connectivity index (χ4n) is 2.56. The molecule has 112 valence electrons. The molecular weight excluding hydrogens is 288 g/mol. The fourth-order valence-corrected chi connectivity index (χ4v) is 3.48. The molecule has 1 unspecified atom stereocenters. The molecule has 1 fully saturated rings. The Morgan fingerprint density at radius 3 is 2.75 bits per heavy atom. The Morgan fingerprint density at radius 1 is 1.50 bits per heavy atom. The van der Waals surface area contributed by atoms with Crippen molar-refractivity contribution in [3.63, 3.8) is 0 Å². The summed E-state index contributed by atoms with van der Waals surface area (Å²) in [6.07, 6.45) is -1.04. The predicted octanol–water partition coefficient (Wildman–Crippen LogP) is 2.59. The maximum Gasteiger partial charge on any atom is 0.281 e. The number of piperidine rings is 1. The van der Waals surface area contributed by atoms with Gasteiger partial charge in [-0.25, -0.2) is 13.8 Å². The summed E-state index contributed by atoms with van der Waals surface area (Å²) in [5, 5.41) is 12.0. The number of halogens is 2. The van der Waals surface area contributed by atoms with Gasteiger partial charge in [0.05, 0.1) is 16.4 Å². The first-order chi connectivity index (χ1) is 9.67. The maximum atomic E-state index is 12.9. The topological polar surface area (TPSA) is 65.8 Å². The molecule has 1 aromatic rings. The lowest BCUT2D eigenvalue weighted by molar-refractivity contribution is 0.0994. The number of rotatable bonds is 6. The van der Waals surface area contributed by atoms with Gasteiger partial charge in [-0.05, 0) is 31.8 Å². The predicted molar refractivity (Wildman–Crippen MR) is 71.9 cm³/mol. The van der Waals surface area contributed by atoms with E-state index in [-0.39, 0.29) is 24.8 Å². The lowest BCUT2D eigenvalue weighted by Crippen LogP contribution is -2.38. The van der Waals surface area contributed by atoms with Crippen LogP contribution in [-0.2, 0) is 0 Å². The van der Waals surface area contributed by atoms with E-state index in [9.17, 15) is 13.7 Å². The molecule has 1 aliphatic heterocycles. The van der Waals surface area contributed by atoms with E-state index in [1.54, 1.807) is 0 Å². The van der Waals surface area contributed by atoms with Gasteiger partial charge < -0.3 is 5.11 Å². The van der Waals surface area contributed by atoms with Crippen LogP contribution in [-0.4, -0.2) is 41.2 Å². The third-order valence-corrected chi connectivity index (χ3v) is 4.67. The molecule has 0 bridgehead atoms. The third kappa shape index (κ3) is 3.36. The minimum absolute atomic E-state index is 0.0499. The summed E-state index contributed by atoms with van der Waals surface area (Å²) in [5.41, 5.74) is 1.14. The highest BCUT2D eigenvalue weighted by molar-refractivity contribution is 7.09. The van der Waals surface area contributed by atoms with Gasteiger partial charge in [-0.1, -0.05) is 5.18 Å². The Balaban J connectivity index is 2.14. The summed E-state index contributed by atoms with van der Waals surface area (Å²) in [7, 11) is 0. The molecule has 0 spiro atoms. The van der Waals surface area contributed by atoms with Crippen LogP contribution in [0.25, 0.3) is 0 Å². The average molecular weight is 305 g/mol. The smallest absolute Gasteiger partial charge is 0.281 e. The molecular formula is C12H17F2N3O2S. The van der Waals surface area contributed by atoms with Crippen LogP contribution >= 0.6 is 11.3 Å². The summed E-state index contributed by atoms with van der Waals surface area (Å²) in [6.45, 7) is 1.44. The van der Waals surface area contributed by atoms with E-state index < -0.39 is 12.5 Å². The number of nitroso groups, excluding NO2 is 1. The zero-order valence-electron chi connectivity index (χ0n) is 10.9. The summed E-state index contributed by atoms with van der Waals surface area (Å²) in [4.78, 5) is 16.8. The Morgan fingerprint density at radius 2 is 2.20 bits per heavy atom. The molecule has 0 aliphatic carbocycles. The standard InChI is InChI=1S/C12H17F2N3O2S/c13-12(14)10-11(20-7-15-10)9(5-16-19)17-3-1-8(6-18)2-4-17/h7-9,12,18H,1-6H2. The van der Waals surface area contributed by atoms with Gasteiger partial charge in [0.1, 0.15) is 12.2 Å². The van der Waals surface area contributed by atoms with E-state index in [0.29, 0.717) is 18.0 Å². The van der Waals surface area contributed by atoms with E-state index in [1.807, 2.05) is 4.90 Å². The lowest BCUT2D eigenvalue weighted by Gasteiger charge is -2.35. The molecule has 2 rings (SSSR count). The van der Waals surface area contributed by atoms with E-state index in [2.05, 4.69) is 10.2 Å². The van der Waals surface area contributed by atoms with Crippen molar-refractivity contribution in [1.29, 1.82) is 0 Å². The van der Waals surface area contributed by atoms with Crippen molar-refractivity contribution in [3.05, 3.63) is 21.0 Å². The molecule has 0 radical (unpaired) electrons. The highest BCUT2D eigenvalue weighted by Crippen LogP contribution is 2.35. The van der Waals surface area contributed by atoms with Gasteiger partial charge in [0.15, 0.2) is 0 Å². The summed E-state index contributed by atoms with van der Waals surface area (Å²) in [5.74, 6) is 0.257. The van der Waals surface area contributed by atoms with Gasteiger partial charge in [0.2, 0.25) is 0 Å². The normalized spacial score (nSPS) is 19.4. The van der Waals surface area contributed by atoms with Crippen LogP contribution in [0.3, 0.4) is 0 Å². The Bertz CT molecular complexity index is 436. The van der Waals surface area contributed by atoms with Gasteiger partial charge in [0, 0.05) is 6.61 Å².